The summed E-state index contributed by atoms with van der Waals surface area (Å²) in [6.45, 7) is 0.250. The minimum Gasteiger partial charge on any atom is -0.497 e. The van der Waals surface area contributed by atoms with Crippen molar-refractivity contribution in [1.82, 2.24) is 5.32 Å². The molecule has 0 fully saturated rings. The summed E-state index contributed by atoms with van der Waals surface area (Å²) in [4.78, 5) is 11.8. The van der Waals surface area contributed by atoms with Crippen LogP contribution >= 0.6 is 0 Å². The molecule has 0 radical (unpaired) electrons. The van der Waals surface area contributed by atoms with Gasteiger partial charge in [0.2, 0.25) is 0 Å². The van der Waals surface area contributed by atoms with Crippen molar-refractivity contribution in [3.05, 3.63) is 65.2 Å². The van der Waals surface area contributed by atoms with Crippen LogP contribution in [0.15, 0.2) is 42.5 Å². The Balaban J connectivity index is 2.00. The lowest BCUT2D eigenvalue weighted by atomic mass is 10.1. The van der Waals surface area contributed by atoms with E-state index in [4.69, 9.17) is 4.74 Å². The highest BCUT2D eigenvalue weighted by Gasteiger charge is 2.11. The van der Waals surface area contributed by atoms with E-state index < -0.39 is 17.5 Å². The van der Waals surface area contributed by atoms with Crippen molar-refractivity contribution in [2.45, 2.75) is 6.54 Å². The molecule has 0 saturated carbocycles. The predicted octanol–water partition coefficient (Wildman–Crippen LogP) is 2.90. The van der Waals surface area contributed by atoms with Crippen molar-refractivity contribution in [1.29, 1.82) is 0 Å². The van der Waals surface area contributed by atoms with Crippen LogP contribution in [-0.2, 0) is 6.54 Å². The number of nitrogens with one attached hydrogen (secondary N) is 1. The van der Waals surface area contributed by atoms with Gasteiger partial charge < -0.3 is 10.1 Å². The molecule has 3 nitrogen and oxygen atoms in total. The van der Waals surface area contributed by atoms with Crippen LogP contribution in [0.5, 0.6) is 5.75 Å². The number of rotatable bonds is 4. The highest BCUT2D eigenvalue weighted by Crippen LogP contribution is 2.12. The van der Waals surface area contributed by atoms with E-state index in [2.05, 4.69) is 5.32 Å². The molecular formula is C15H13F2NO2. The van der Waals surface area contributed by atoms with Gasteiger partial charge in [0.1, 0.15) is 17.4 Å². The Bertz CT molecular complexity index is 612. The molecule has 0 aliphatic rings. The number of methoxy groups -OCH3 is 1. The lowest BCUT2D eigenvalue weighted by Gasteiger charge is -2.07. The highest BCUT2D eigenvalue weighted by molar-refractivity contribution is 5.94. The van der Waals surface area contributed by atoms with E-state index in [9.17, 15) is 13.6 Å². The minimum atomic E-state index is -0.878. The number of hydrogen-bond donors (Lipinski definition) is 1. The molecule has 0 saturated heterocycles. The lowest BCUT2D eigenvalue weighted by Crippen LogP contribution is -2.23. The van der Waals surface area contributed by atoms with Crippen molar-refractivity contribution >= 4 is 5.91 Å². The third kappa shape index (κ3) is 3.32. The van der Waals surface area contributed by atoms with Gasteiger partial charge in [0.05, 0.1) is 12.7 Å². The summed E-state index contributed by atoms with van der Waals surface area (Å²) in [5.74, 6) is -1.46. The van der Waals surface area contributed by atoms with Gasteiger partial charge in [0.15, 0.2) is 0 Å². The maximum atomic E-state index is 13.4. The molecular weight excluding hydrogens is 264 g/mol. The second-order valence-corrected chi connectivity index (χ2v) is 4.15. The first-order valence-electron chi connectivity index (χ1n) is 5.96. The first kappa shape index (κ1) is 14.0. The molecule has 0 spiro atoms. The first-order valence-corrected chi connectivity index (χ1v) is 5.96. The minimum absolute atomic E-state index is 0.181. The summed E-state index contributed by atoms with van der Waals surface area (Å²) in [5.41, 5.74) is 0.668. The van der Waals surface area contributed by atoms with Gasteiger partial charge in [-0.1, -0.05) is 12.1 Å². The zero-order valence-corrected chi connectivity index (χ0v) is 10.8. The second-order valence-electron chi connectivity index (χ2n) is 4.15. The Hall–Kier alpha value is -2.43. The smallest absolute Gasteiger partial charge is 0.254 e. The maximum Gasteiger partial charge on any atom is 0.254 e. The summed E-state index contributed by atoms with van der Waals surface area (Å²) in [7, 11) is 1.56. The summed E-state index contributed by atoms with van der Waals surface area (Å²) in [6, 6.07) is 9.96. The van der Waals surface area contributed by atoms with Gasteiger partial charge in [-0.15, -0.1) is 0 Å². The fourth-order valence-corrected chi connectivity index (χ4v) is 1.69. The normalized spacial score (nSPS) is 10.2. The Morgan fingerprint density at radius 2 is 1.85 bits per heavy atom. The van der Waals surface area contributed by atoms with Gasteiger partial charge in [-0.2, -0.15) is 0 Å². The molecule has 2 rings (SSSR count). The van der Waals surface area contributed by atoms with Crippen LogP contribution in [-0.4, -0.2) is 13.0 Å². The number of amides is 1. The van der Waals surface area contributed by atoms with E-state index in [1.54, 1.807) is 31.4 Å². The summed E-state index contributed by atoms with van der Waals surface area (Å²) < 4.78 is 31.2. The Morgan fingerprint density at radius 3 is 2.45 bits per heavy atom. The van der Waals surface area contributed by atoms with Crippen LogP contribution < -0.4 is 10.1 Å². The molecule has 0 atom stereocenters. The zero-order chi connectivity index (χ0) is 14.5. The monoisotopic (exact) mass is 277 g/mol. The average molecular weight is 277 g/mol. The number of carbonyl (C=O) groups excluding carboxylic acids is 1. The summed E-state index contributed by atoms with van der Waals surface area (Å²) >= 11 is 0. The fraction of sp³-hybridized carbons (Fsp3) is 0.133. The predicted molar refractivity (Wildman–Crippen MR) is 70.5 cm³/mol. The summed E-state index contributed by atoms with van der Waals surface area (Å²) in [6.07, 6.45) is 0. The number of hydrogen-bond acceptors (Lipinski definition) is 2. The van der Waals surface area contributed by atoms with Crippen LogP contribution in [0.2, 0.25) is 0 Å². The largest absolute Gasteiger partial charge is 0.497 e. The highest BCUT2D eigenvalue weighted by atomic mass is 19.1. The quantitative estimate of drug-likeness (QED) is 0.933. The van der Waals surface area contributed by atoms with Crippen molar-refractivity contribution in [3.63, 3.8) is 0 Å². The SMILES string of the molecule is COc1ccc(CNC(=O)c2ccc(F)cc2F)cc1. The molecule has 2 aromatic carbocycles. The summed E-state index contributed by atoms with van der Waals surface area (Å²) in [5, 5.41) is 2.57. The van der Waals surface area contributed by atoms with Crippen molar-refractivity contribution in [2.75, 3.05) is 7.11 Å². The molecule has 0 heterocycles. The van der Waals surface area contributed by atoms with Crippen molar-refractivity contribution < 1.29 is 18.3 Å². The molecule has 104 valence electrons. The molecule has 0 aliphatic carbocycles. The molecule has 0 bridgehead atoms. The lowest BCUT2D eigenvalue weighted by molar-refractivity contribution is 0.0947. The van der Waals surface area contributed by atoms with E-state index in [-0.39, 0.29) is 12.1 Å². The molecule has 2 aromatic rings. The van der Waals surface area contributed by atoms with Crippen molar-refractivity contribution in [3.8, 4) is 5.75 Å². The fourth-order valence-electron chi connectivity index (χ4n) is 1.69. The third-order valence-electron chi connectivity index (χ3n) is 2.79. The van der Waals surface area contributed by atoms with E-state index in [0.717, 1.165) is 17.7 Å². The second kappa shape index (κ2) is 6.14. The number of halogens is 2. The molecule has 1 N–H and O–H groups in total. The maximum absolute atomic E-state index is 13.4. The van der Waals surface area contributed by atoms with Crippen molar-refractivity contribution in [2.24, 2.45) is 0 Å². The first-order chi connectivity index (χ1) is 9.60. The van der Waals surface area contributed by atoms with Crippen LogP contribution in [0, 0.1) is 11.6 Å². The Kier molecular flexibility index (Phi) is 4.30. The third-order valence-corrected chi connectivity index (χ3v) is 2.79. The number of carbonyl (C=O) groups is 1. The Morgan fingerprint density at radius 1 is 1.15 bits per heavy atom. The van der Waals surface area contributed by atoms with E-state index >= 15 is 0 Å². The average Bonchev–Trinajstić information content (AvgIpc) is 2.45. The van der Waals surface area contributed by atoms with Gasteiger partial charge in [-0.3, -0.25) is 4.79 Å². The zero-order valence-electron chi connectivity index (χ0n) is 10.8. The molecule has 0 aromatic heterocycles. The molecule has 0 unspecified atom stereocenters. The van der Waals surface area contributed by atoms with Gasteiger partial charge in [0.25, 0.3) is 5.91 Å². The van der Waals surface area contributed by atoms with Gasteiger partial charge in [-0.25, -0.2) is 8.78 Å². The van der Waals surface area contributed by atoms with Crippen LogP contribution in [0.1, 0.15) is 15.9 Å². The van der Waals surface area contributed by atoms with Crippen LogP contribution in [0.25, 0.3) is 0 Å². The van der Waals surface area contributed by atoms with Gasteiger partial charge in [-0.05, 0) is 29.8 Å². The molecule has 0 aliphatic heterocycles. The van der Waals surface area contributed by atoms with E-state index in [0.29, 0.717) is 11.8 Å². The van der Waals surface area contributed by atoms with Crippen LogP contribution in [0.4, 0.5) is 8.78 Å². The number of benzene rings is 2. The van der Waals surface area contributed by atoms with Gasteiger partial charge in [0, 0.05) is 12.6 Å². The van der Waals surface area contributed by atoms with E-state index in [1.807, 2.05) is 0 Å². The molecule has 1 amide bonds. The standard InChI is InChI=1S/C15H13F2NO2/c1-20-12-5-2-10(3-6-12)9-18-15(19)13-7-4-11(16)8-14(13)17/h2-8H,9H2,1H3,(H,18,19). The topological polar surface area (TPSA) is 38.3 Å². The van der Waals surface area contributed by atoms with Gasteiger partial charge >= 0.3 is 0 Å². The molecule has 5 heteroatoms. The van der Waals surface area contributed by atoms with Crippen LogP contribution in [0.3, 0.4) is 0 Å². The Labute approximate surface area is 115 Å². The molecule has 20 heavy (non-hydrogen) atoms. The number of ether oxygens (including phenoxy) is 1. The van der Waals surface area contributed by atoms with E-state index in [1.165, 1.54) is 0 Å².